The molecule has 0 spiro atoms. The minimum Gasteiger partial charge on any atom is -0.393 e. The Bertz CT molecular complexity index is 113. The molecule has 0 saturated heterocycles. The summed E-state index contributed by atoms with van der Waals surface area (Å²) in [5.41, 5.74) is 4.89. The highest BCUT2D eigenvalue weighted by atomic mass is 32.1. The molecule has 0 aromatic rings. The number of hydrogen-bond acceptors (Lipinski definition) is 4. The van der Waals surface area contributed by atoms with Crippen LogP contribution in [0.5, 0.6) is 0 Å². The summed E-state index contributed by atoms with van der Waals surface area (Å²) < 4.78 is 0. The second-order valence-electron chi connectivity index (χ2n) is 1.11. The van der Waals surface area contributed by atoms with Crippen molar-refractivity contribution in [1.29, 1.82) is 0 Å². The van der Waals surface area contributed by atoms with Crippen molar-refractivity contribution >= 4 is 23.2 Å². The van der Waals surface area contributed by atoms with Crippen LogP contribution in [0.15, 0.2) is 0 Å². The minimum absolute atomic E-state index is 0.00375. The van der Waals surface area contributed by atoms with Gasteiger partial charge in [-0.25, -0.2) is 4.79 Å². The molecule has 0 heterocycles. The van der Waals surface area contributed by atoms with E-state index in [4.69, 9.17) is 11.0 Å². The lowest BCUT2D eigenvalue weighted by Gasteiger charge is -1.90. The molecule has 46 valence electrons. The van der Waals surface area contributed by atoms with Gasteiger partial charge < -0.3 is 10.6 Å². The van der Waals surface area contributed by atoms with Gasteiger partial charge in [0.15, 0.2) is 0 Å². The fraction of sp³-hybridized carbons (Fsp3) is 0.333. The lowest BCUT2D eigenvalue weighted by molar-refractivity contribution is -0.232. The molecule has 0 unspecified atom stereocenters. The Morgan fingerprint density at radius 1 is 1.88 bits per heavy atom. The Kier molecular flexibility index (Phi) is 3.05. The van der Waals surface area contributed by atoms with Gasteiger partial charge in [-0.2, -0.15) is 5.26 Å². The second kappa shape index (κ2) is 3.34. The molecule has 0 aliphatic carbocycles. The predicted molar refractivity (Wildman–Crippen MR) is 30.1 cm³/mol. The van der Waals surface area contributed by atoms with E-state index in [0.717, 1.165) is 0 Å². The molecule has 5 heteroatoms. The lowest BCUT2D eigenvalue weighted by atomic mass is 10.4. The Balaban J connectivity index is 3.40. The highest BCUT2D eigenvalue weighted by molar-refractivity contribution is 7.80. The molecule has 0 fully saturated rings. The van der Waals surface area contributed by atoms with Crippen molar-refractivity contribution in [3.63, 3.8) is 0 Å². The number of carbonyl (C=O) groups excluding carboxylic acids is 1. The summed E-state index contributed by atoms with van der Waals surface area (Å²) in [6, 6.07) is 0. The number of carbonyl (C=O) groups is 1. The first-order valence-corrected chi connectivity index (χ1v) is 2.20. The van der Waals surface area contributed by atoms with E-state index >= 15 is 0 Å². The first-order valence-electron chi connectivity index (χ1n) is 1.79. The van der Waals surface area contributed by atoms with Crippen molar-refractivity contribution in [2.45, 2.75) is 6.42 Å². The van der Waals surface area contributed by atoms with Gasteiger partial charge >= 0.3 is 5.97 Å². The molecular formula is C3H5NO3S. The van der Waals surface area contributed by atoms with Crippen molar-refractivity contribution in [3.8, 4) is 0 Å². The Labute approximate surface area is 51.2 Å². The van der Waals surface area contributed by atoms with Gasteiger partial charge in [0, 0.05) is 0 Å². The molecule has 0 aromatic heterocycles. The fourth-order valence-corrected chi connectivity index (χ4v) is 0.292. The van der Waals surface area contributed by atoms with Gasteiger partial charge in [0.1, 0.15) is 0 Å². The number of thiocarbonyl (C=S) groups is 1. The van der Waals surface area contributed by atoms with Gasteiger partial charge in [-0.1, -0.05) is 12.2 Å². The largest absolute Gasteiger partial charge is 0.393 e. The third kappa shape index (κ3) is 3.51. The molecular weight excluding hydrogens is 130 g/mol. The van der Waals surface area contributed by atoms with E-state index in [1.54, 1.807) is 0 Å². The maximum Gasteiger partial charge on any atom is 0.348 e. The van der Waals surface area contributed by atoms with Crippen LogP contribution < -0.4 is 5.73 Å². The van der Waals surface area contributed by atoms with E-state index < -0.39 is 5.97 Å². The highest BCUT2D eigenvalue weighted by Crippen LogP contribution is 1.81. The fourth-order valence-electron chi connectivity index (χ4n) is 0.175. The summed E-state index contributed by atoms with van der Waals surface area (Å²) in [6.07, 6.45) is -0.216. The molecule has 0 amide bonds. The van der Waals surface area contributed by atoms with Gasteiger partial charge in [-0.15, -0.1) is 0 Å². The van der Waals surface area contributed by atoms with Crippen LogP contribution in [0.2, 0.25) is 0 Å². The average molecular weight is 135 g/mol. The number of rotatable bonds is 2. The molecule has 4 nitrogen and oxygen atoms in total. The SMILES string of the molecule is NC(=S)CC(=O)OO. The summed E-state index contributed by atoms with van der Waals surface area (Å²) >= 11 is 4.30. The molecule has 0 saturated carbocycles. The molecule has 0 aliphatic heterocycles. The quantitative estimate of drug-likeness (QED) is 0.308. The standard InChI is InChI=1S/C3H5NO3S/c4-2(8)1-3(5)7-6/h6H,1H2,(H2,4,8). The zero-order valence-corrected chi connectivity index (χ0v) is 4.77. The molecule has 8 heavy (non-hydrogen) atoms. The minimum atomic E-state index is -0.836. The zero-order valence-electron chi connectivity index (χ0n) is 3.96. The van der Waals surface area contributed by atoms with Crippen LogP contribution >= 0.6 is 12.2 Å². The summed E-state index contributed by atoms with van der Waals surface area (Å²) in [6.45, 7) is 0. The van der Waals surface area contributed by atoms with Crippen LogP contribution in [-0.2, 0) is 9.68 Å². The molecule has 0 aliphatic rings. The van der Waals surface area contributed by atoms with Gasteiger partial charge in [-0.05, 0) is 0 Å². The van der Waals surface area contributed by atoms with Crippen LogP contribution in [0.1, 0.15) is 6.42 Å². The Morgan fingerprint density at radius 2 is 2.38 bits per heavy atom. The summed E-state index contributed by atoms with van der Waals surface area (Å²) in [7, 11) is 0. The third-order valence-electron chi connectivity index (χ3n) is 0.420. The van der Waals surface area contributed by atoms with E-state index in [0.29, 0.717) is 0 Å². The molecule has 0 bridgehead atoms. The number of nitrogens with two attached hydrogens (primary N) is 1. The van der Waals surface area contributed by atoms with Crippen LogP contribution in [-0.4, -0.2) is 16.2 Å². The Hall–Kier alpha value is -0.680. The van der Waals surface area contributed by atoms with Crippen molar-refractivity contribution in [2.75, 3.05) is 0 Å². The molecule has 0 radical (unpaired) electrons. The number of hydrogen-bond donors (Lipinski definition) is 2. The average Bonchev–Trinajstić information content (AvgIpc) is 1.65. The Morgan fingerprint density at radius 3 is 2.50 bits per heavy atom. The molecule has 0 rings (SSSR count). The van der Waals surface area contributed by atoms with Crippen LogP contribution in [0.3, 0.4) is 0 Å². The van der Waals surface area contributed by atoms with Crippen LogP contribution in [0.25, 0.3) is 0 Å². The first-order chi connectivity index (χ1) is 3.66. The van der Waals surface area contributed by atoms with Gasteiger partial charge in [0.05, 0.1) is 11.4 Å². The maximum absolute atomic E-state index is 9.98. The third-order valence-corrected chi connectivity index (χ3v) is 0.565. The van der Waals surface area contributed by atoms with E-state index in [2.05, 4.69) is 17.1 Å². The van der Waals surface area contributed by atoms with Crippen molar-refractivity contribution < 1.29 is 14.9 Å². The monoisotopic (exact) mass is 135 g/mol. The van der Waals surface area contributed by atoms with E-state index in [-0.39, 0.29) is 11.4 Å². The predicted octanol–water partition coefficient (Wildman–Crippen LogP) is -0.321. The maximum atomic E-state index is 9.98. The van der Waals surface area contributed by atoms with Crippen LogP contribution in [0, 0.1) is 0 Å². The van der Waals surface area contributed by atoms with Gasteiger partial charge in [-0.3, -0.25) is 0 Å². The smallest absolute Gasteiger partial charge is 0.348 e. The van der Waals surface area contributed by atoms with Crippen molar-refractivity contribution in [3.05, 3.63) is 0 Å². The first kappa shape index (κ1) is 7.32. The molecule has 3 N–H and O–H groups in total. The van der Waals surface area contributed by atoms with Crippen molar-refractivity contribution in [2.24, 2.45) is 5.73 Å². The van der Waals surface area contributed by atoms with E-state index in [9.17, 15) is 4.79 Å². The van der Waals surface area contributed by atoms with Crippen LogP contribution in [0.4, 0.5) is 0 Å². The topological polar surface area (TPSA) is 72.6 Å². The summed E-state index contributed by atoms with van der Waals surface area (Å²) in [5.74, 6) is -0.836. The second-order valence-corrected chi connectivity index (χ2v) is 1.63. The lowest BCUT2D eigenvalue weighted by Crippen LogP contribution is -2.14. The normalized spacial score (nSPS) is 8.12. The van der Waals surface area contributed by atoms with Gasteiger partial charge in [0.25, 0.3) is 0 Å². The van der Waals surface area contributed by atoms with E-state index in [1.807, 2.05) is 0 Å². The molecule has 0 atom stereocenters. The molecule has 0 aromatic carbocycles. The summed E-state index contributed by atoms with van der Waals surface area (Å²) in [5, 5.41) is 7.62. The summed E-state index contributed by atoms with van der Waals surface area (Å²) in [4.78, 5) is 13.2. The zero-order chi connectivity index (χ0) is 6.57. The van der Waals surface area contributed by atoms with E-state index in [1.165, 1.54) is 0 Å². The van der Waals surface area contributed by atoms with Gasteiger partial charge in [0.2, 0.25) is 0 Å². The van der Waals surface area contributed by atoms with Crippen molar-refractivity contribution in [1.82, 2.24) is 0 Å². The highest BCUT2D eigenvalue weighted by Gasteiger charge is 2.01.